The zero-order valence-electron chi connectivity index (χ0n) is 23.1. The molecule has 2 aromatic carbocycles. The number of hydrogen-bond donors (Lipinski definition) is 2. The van der Waals surface area contributed by atoms with E-state index in [-0.39, 0.29) is 24.1 Å². The maximum atomic E-state index is 12.5. The Bertz CT molecular complexity index is 1100. The monoisotopic (exact) mass is 533 g/mol. The van der Waals surface area contributed by atoms with Gasteiger partial charge in [0.2, 0.25) is 0 Å². The highest BCUT2D eigenvalue weighted by Gasteiger charge is 2.43. The van der Waals surface area contributed by atoms with Crippen LogP contribution in [0.25, 0.3) is 0 Å². The lowest BCUT2D eigenvalue weighted by Gasteiger charge is -2.35. The van der Waals surface area contributed by atoms with Gasteiger partial charge in [-0.1, -0.05) is 67.8 Å². The summed E-state index contributed by atoms with van der Waals surface area (Å²) >= 11 is 0. The van der Waals surface area contributed by atoms with Crippen LogP contribution in [0.15, 0.2) is 54.6 Å². The molecule has 0 radical (unpaired) electrons. The topological polar surface area (TPSA) is 82.1 Å². The Hall–Kier alpha value is -2.90. The number of para-hydroxylation sites is 1. The van der Waals surface area contributed by atoms with Crippen LogP contribution in [-0.2, 0) is 4.79 Å². The molecule has 1 saturated carbocycles. The van der Waals surface area contributed by atoms with Crippen molar-refractivity contribution in [2.45, 2.75) is 69.9 Å². The zero-order chi connectivity index (χ0) is 27.2. The number of hydrogen-bond acceptors (Lipinski definition) is 5. The average molecular weight is 534 g/mol. The molecule has 2 aliphatic heterocycles. The summed E-state index contributed by atoms with van der Waals surface area (Å²) in [5.41, 5.74) is 2.25. The van der Waals surface area contributed by atoms with Crippen molar-refractivity contribution in [3.05, 3.63) is 65.7 Å². The van der Waals surface area contributed by atoms with Gasteiger partial charge >= 0.3 is 12.1 Å². The van der Waals surface area contributed by atoms with Gasteiger partial charge in [-0.05, 0) is 61.6 Å². The van der Waals surface area contributed by atoms with E-state index in [2.05, 4.69) is 45.4 Å². The summed E-state index contributed by atoms with van der Waals surface area (Å²) < 4.78 is 5.53. The molecule has 2 heterocycles. The van der Waals surface area contributed by atoms with Crippen molar-refractivity contribution in [2.75, 3.05) is 32.7 Å². The van der Waals surface area contributed by atoms with Crippen LogP contribution in [-0.4, -0.2) is 71.8 Å². The van der Waals surface area contributed by atoms with Gasteiger partial charge < -0.3 is 20.1 Å². The van der Waals surface area contributed by atoms with Crippen LogP contribution in [0.5, 0.6) is 5.75 Å². The summed E-state index contributed by atoms with van der Waals surface area (Å²) in [6.45, 7) is 6.35. The van der Waals surface area contributed by atoms with E-state index in [1.54, 1.807) is 0 Å². The molecular weight excluding hydrogens is 490 g/mol. The van der Waals surface area contributed by atoms with Crippen LogP contribution in [0, 0.1) is 18.8 Å². The largest absolute Gasteiger partial charge is 0.480 e. The van der Waals surface area contributed by atoms with Crippen LogP contribution < -0.4 is 10.1 Å². The van der Waals surface area contributed by atoms with E-state index >= 15 is 0 Å². The van der Waals surface area contributed by atoms with Crippen LogP contribution in [0.3, 0.4) is 0 Å². The SMILES string of the molecule is Cc1ccccc1OC(=O)NC1CCN(C[C@H]2CN([C@@H](C(=O)O)C3CCCCC3)C[C@@H]2c2ccccc2)CC1. The van der Waals surface area contributed by atoms with Gasteiger partial charge in [-0.25, -0.2) is 4.79 Å². The van der Waals surface area contributed by atoms with Crippen LogP contribution >= 0.6 is 0 Å². The lowest BCUT2D eigenvalue weighted by Crippen LogP contribution is -2.48. The predicted molar refractivity (Wildman–Crippen MR) is 152 cm³/mol. The lowest BCUT2D eigenvalue weighted by molar-refractivity contribution is -0.145. The lowest BCUT2D eigenvalue weighted by atomic mass is 9.83. The number of aryl methyl sites for hydroxylation is 1. The molecule has 2 aromatic rings. The second-order valence-corrected chi connectivity index (χ2v) is 11.8. The number of ether oxygens (including phenoxy) is 1. The Kier molecular flexibility index (Phi) is 9.20. The van der Waals surface area contributed by atoms with Gasteiger partial charge in [-0.3, -0.25) is 9.69 Å². The van der Waals surface area contributed by atoms with Crippen molar-refractivity contribution in [3.8, 4) is 5.75 Å². The van der Waals surface area contributed by atoms with E-state index in [9.17, 15) is 14.7 Å². The number of aliphatic carboxylic acids is 1. The number of likely N-dealkylation sites (tertiary alicyclic amines) is 2. The Morgan fingerprint density at radius 1 is 0.949 bits per heavy atom. The molecule has 39 heavy (non-hydrogen) atoms. The van der Waals surface area contributed by atoms with Crippen LogP contribution in [0.2, 0.25) is 0 Å². The summed E-state index contributed by atoms with van der Waals surface area (Å²) in [6, 6.07) is 17.9. The molecule has 3 aliphatic rings. The first kappa shape index (κ1) is 27.7. The molecule has 210 valence electrons. The number of carbonyl (C=O) groups excluding carboxylic acids is 1. The van der Waals surface area contributed by atoms with Gasteiger partial charge in [0.15, 0.2) is 0 Å². The summed E-state index contributed by atoms with van der Waals surface area (Å²) in [7, 11) is 0. The third kappa shape index (κ3) is 7.00. The fraction of sp³-hybridized carbons (Fsp3) is 0.562. The fourth-order valence-electron chi connectivity index (χ4n) is 7.06. The third-order valence-electron chi connectivity index (χ3n) is 9.14. The second-order valence-electron chi connectivity index (χ2n) is 11.8. The first-order valence-corrected chi connectivity index (χ1v) is 14.8. The van der Waals surface area contributed by atoms with Gasteiger partial charge in [0, 0.05) is 44.7 Å². The first-order valence-electron chi connectivity index (χ1n) is 14.8. The molecule has 0 bridgehead atoms. The predicted octanol–water partition coefficient (Wildman–Crippen LogP) is 5.30. The summed E-state index contributed by atoms with van der Waals surface area (Å²) in [5.74, 6) is 0.912. The molecule has 0 unspecified atom stereocenters. The van der Waals surface area contributed by atoms with E-state index < -0.39 is 5.97 Å². The number of carboxylic acid groups (broad SMARTS) is 1. The molecule has 7 nitrogen and oxygen atoms in total. The summed E-state index contributed by atoms with van der Waals surface area (Å²) in [6.07, 6.45) is 6.96. The standard InChI is InChI=1S/C32H43N3O4/c1-23-10-8-9-15-29(23)39-32(38)33-27-16-18-34(19-17-27)20-26-21-35(22-28(26)24-11-4-2-5-12-24)30(31(36)37)25-13-6-3-7-14-25/h2,4-5,8-12,15,25-28,30H,3,6-7,13-14,16-22H2,1H3,(H,33,38)(H,36,37)/t26-,28+,30+/m0/s1. The molecule has 2 N–H and O–H groups in total. The smallest absolute Gasteiger partial charge is 0.412 e. The molecule has 1 amide bonds. The van der Waals surface area contributed by atoms with Gasteiger partial charge in [0.25, 0.3) is 0 Å². The molecule has 3 atom stereocenters. The molecule has 2 saturated heterocycles. The van der Waals surface area contributed by atoms with Crippen molar-refractivity contribution < 1.29 is 19.4 Å². The molecule has 7 heteroatoms. The Labute approximate surface area is 232 Å². The van der Waals surface area contributed by atoms with Crippen molar-refractivity contribution >= 4 is 12.1 Å². The minimum absolute atomic E-state index is 0.102. The molecular formula is C32H43N3O4. The molecule has 3 fully saturated rings. The fourth-order valence-corrected chi connectivity index (χ4v) is 7.06. The van der Waals surface area contributed by atoms with E-state index in [1.165, 1.54) is 12.0 Å². The van der Waals surface area contributed by atoms with Crippen LogP contribution in [0.1, 0.15) is 62.0 Å². The minimum atomic E-state index is -0.654. The molecule has 0 spiro atoms. The highest BCUT2D eigenvalue weighted by atomic mass is 16.6. The highest BCUT2D eigenvalue weighted by Crippen LogP contribution is 2.38. The minimum Gasteiger partial charge on any atom is -0.480 e. The van der Waals surface area contributed by atoms with Crippen molar-refractivity contribution in [1.29, 1.82) is 0 Å². The first-order chi connectivity index (χ1) is 19.0. The number of carboxylic acids is 1. The van der Waals surface area contributed by atoms with Crippen molar-refractivity contribution in [2.24, 2.45) is 11.8 Å². The molecule has 5 rings (SSSR count). The Morgan fingerprint density at radius 3 is 2.33 bits per heavy atom. The van der Waals surface area contributed by atoms with Crippen LogP contribution in [0.4, 0.5) is 4.79 Å². The van der Waals surface area contributed by atoms with E-state index in [1.807, 2.05) is 31.2 Å². The summed E-state index contributed by atoms with van der Waals surface area (Å²) in [4.78, 5) is 29.8. The number of nitrogens with zero attached hydrogens (tertiary/aromatic N) is 2. The van der Waals surface area contributed by atoms with Crippen molar-refractivity contribution in [1.82, 2.24) is 15.1 Å². The third-order valence-corrected chi connectivity index (χ3v) is 9.14. The number of benzene rings is 2. The normalized spacial score (nSPS) is 24.3. The molecule has 1 aliphatic carbocycles. The number of nitrogens with one attached hydrogen (secondary N) is 1. The average Bonchev–Trinajstić information content (AvgIpc) is 3.35. The zero-order valence-corrected chi connectivity index (χ0v) is 23.1. The van der Waals surface area contributed by atoms with Gasteiger partial charge in [0.1, 0.15) is 11.8 Å². The number of amides is 1. The van der Waals surface area contributed by atoms with Gasteiger partial charge in [0.05, 0.1) is 0 Å². The van der Waals surface area contributed by atoms with Gasteiger partial charge in [-0.2, -0.15) is 0 Å². The Balaban J connectivity index is 1.19. The van der Waals surface area contributed by atoms with E-state index in [0.29, 0.717) is 17.6 Å². The van der Waals surface area contributed by atoms with Crippen molar-refractivity contribution in [3.63, 3.8) is 0 Å². The number of carbonyl (C=O) groups is 2. The number of rotatable bonds is 8. The highest BCUT2D eigenvalue weighted by molar-refractivity contribution is 5.74. The van der Waals surface area contributed by atoms with E-state index in [0.717, 1.165) is 76.8 Å². The number of piperidine rings is 1. The second kappa shape index (κ2) is 13.0. The van der Waals surface area contributed by atoms with E-state index in [4.69, 9.17) is 4.74 Å². The Morgan fingerprint density at radius 2 is 1.64 bits per heavy atom. The quantitative estimate of drug-likeness (QED) is 0.480. The molecule has 0 aromatic heterocycles. The maximum absolute atomic E-state index is 12.5. The maximum Gasteiger partial charge on any atom is 0.412 e. The summed E-state index contributed by atoms with van der Waals surface area (Å²) in [5, 5.41) is 13.3. The van der Waals surface area contributed by atoms with Gasteiger partial charge in [-0.15, -0.1) is 0 Å².